The van der Waals surface area contributed by atoms with Crippen molar-refractivity contribution in [3.05, 3.63) is 233 Å². The highest BCUT2D eigenvalue weighted by Crippen LogP contribution is 2.65. The Morgan fingerprint density at radius 1 is 0.561 bits per heavy atom. The predicted molar refractivity (Wildman–Crippen MR) is 235 cm³/mol. The topological polar surface area (TPSA) is 25.8 Å². The van der Waals surface area contributed by atoms with Crippen LogP contribution in [0.1, 0.15) is 58.0 Å². The van der Waals surface area contributed by atoms with Gasteiger partial charge in [-0.15, -0.1) is 0 Å². The molecule has 1 aromatic heterocycles. The van der Waals surface area contributed by atoms with E-state index in [1.165, 1.54) is 61.2 Å². The number of aromatic nitrogens is 2. The van der Waals surface area contributed by atoms with Gasteiger partial charge in [-0.25, -0.2) is 9.97 Å². The van der Waals surface area contributed by atoms with Crippen LogP contribution in [0.4, 0.5) is 0 Å². The maximum atomic E-state index is 5.46. The number of allylic oxidation sites excluding steroid dienone is 4. The molecule has 0 saturated heterocycles. The molecule has 272 valence electrons. The zero-order valence-electron chi connectivity index (χ0n) is 31.9. The van der Waals surface area contributed by atoms with Gasteiger partial charge in [0.1, 0.15) is 5.82 Å². The van der Waals surface area contributed by atoms with Gasteiger partial charge in [-0.3, -0.25) is 0 Å². The smallest absolute Gasteiger partial charge is 0.133 e. The molecule has 3 atom stereocenters. The summed E-state index contributed by atoms with van der Waals surface area (Å²) in [6, 6.07) is 64.4. The summed E-state index contributed by atoms with van der Waals surface area (Å²) in [5.74, 6) is 1.38. The zero-order chi connectivity index (χ0) is 37.8. The highest BCUT2D eigenvalue weighted by Gasteiger charge is 2.56. The number of nitrogens with zero attached hydrogens (tertiary/aromatic N) is 2. The van der Waals surface area contributed by atoms with Gasteiger partial charge in [0.15, 0.2) is 0 Å². The fourth-order valence-corrected chi connectivity index (χ4v) is 10.4. The highest BCUT2D eigenvalue weighted by atomic mass is 14.9. The van der Waals surface area contributed by atoms with Crippen LogP contribution in [0.5, 0.6) is 0 Å². The van der Waals surface area contributed by atoms with E-state index in [0.717, 1.165) is 53.7 Å². The van der Waals surface area contributed by atoms with Crippen LogP contribution in [-0.4, -0.2) is 9.97 Å². The van der Waals surface area contributed by atoms with Gasteiger partial charge in [0.25, 0.3) is 0 Å². The number of benzene rings is 7. The second-order valence-electron chi connectivity index (χ2n) is 15.9. The number of para-hydroxylation sites is 1. The molecular formula is C55H42N2. The summed E-state index contributed by atoms with van der Waals surface area (Å²) in [4.78, 5) is 10.8. The highest BCUT2D eigenvalue weighted by molar-refractivity contribution is 5.94. The van der Waals surface area contributed by atoms with Crippen LogP contribution >= 0.6 is 0 Å². The van der Waals surface area contributed by atoms with Crippen LogP contribution in [0.15, 0.2) is 194 Å². The molecule has 3 aliphatic rings. The molecule has 8 aromatic rings. The van der Waals surface area contributed by atoms with Gasteiger partial charge in [-0.05, 0) is 93.0 Å². The summed E-state index contributed by atoms with van der Waals surface area (Å²) in [6.45, 7) is 0. The lowest BCUT2D eigenvalue weighted by Crippen LogP contribution is -2.32. The van der Waals surface area contributed by atoms with E-state index in [0.29, 0.717) is 5.92 Å². The lowest BCUT2D eigenvalue weighted by molar-refractivity contribution is 0.494. The molecule has 0 amide bonds. The first kappa shape index (κ1) is 33.7. The van der Waals surface area contributed by atoms with Crippen molar-refractivity contribution in [2.75, 3.05) is 0 Å². The molecule has 0 saturated carbocycles. The summed E-state index contributed by atoms with van der Waals surface area (Å²) in [5, 5.41) is 1.09. The van der Waals surface area contributed by atoms with E-state index in [2.05, 4.69) is 194 Å². The molecule has 0 bridgehead atoms. The van der Waals surface area contributed by atoms with Crippen molar-refractivity contribution in [3.63, 3.8) is 0 Å². The first-order chi connectivity index (χ1) is 28.3. The fourth-order valence-electron chi connectivity index (χ4n) is 10.4. The van der Waals surface area contributed by atoms with Crippen LogP contribution < -0.4 is 0 Å². The molecule has 0 N–H and O–H groups in total. The predicted octanol–water partition coefficient (Wildman–Crippen LogP) is 13.2. The monoisotopic (exact) mass is 730 g/mol. The zero-order valence-corrected chi connectivity index (χ0v) is 31.9. The molecule has 0 aliphatic heterocycles. The van der Waals surface area contributed by atoms with Crippen molar-refractivity contribution in [2.45, 2.75) is 37.0 Å². The number of aryl methyl sites for hydroxylation is 1. The molecule has 7 aromatic carbocycles. The van der Waals surface area contributed by atoms with Crippen molar-refractivity contribution in [1.82, 2.24) is 9.97 Å². The van der Waals surface area contributed by atoms with Crippen molar-refractivity contribution in [3.8, 4) is 33.5 Å². The van der Waals surface area contributed by atoms with E-state index in [1.807, 2.05) is 0 Å². The van der Waals surface area contributed by atoms with Crippen LogP contribution in [0, 0.1) is 5.92 Å². The summed E-state index contributed by atoms with van der Waals surface area (Å²) in [5.41, 5.74) is 18.1. The van der Waals surface area contributed by atoms with Crippen molar-refractivity contribution in [2.24, 2.45) is 5.92 Å². The SMILES string of the molecule is C1=CCC2C(=C1)c1ccccc1C21c2ccccc2-c2c(CCC(Cc3ccc(-c4ccccc4)cc3)c3nc(-c4ccccc4)c4ccccc4n3)cccc21. The molecule has 3 unspecified atom stereocenters. The van der Waals surface area contributed by atoms with Crippen LogP contribution in [-0.2, 0) is 18.3 Å². The number of hydrogen-bond acceptors (Lipinski definition) is 2. The normalized spacial score (nSPS) is 17.8. The molecule has 57 heavy (non-hydrogen) atoms. The van der Waals surface area contributed by atoms with Crippen LogP contribution in [0.25, 0.3) is 50.0 Å². The molecule has 1 heterocycles. The van der Waals surface area contributed by atoms with Crippen molar-refractivity contribution >= 4 is 16.5 Å². The Hall–Kier alpha value is -6.64. The first-order valence-corrected chi connectivity index (χ1v) is 20.4. The van der Waals surface area contributed by atoms with Gasteiger partial charge in [0.05, 0.1) is 16.6 Å². The third-order valence-electron chi connectivity index (χ3n) is 12.9. The molecule has 0 fully saturated rings. The average molecular weight is 731 g/mol. The van der Waals surface area contributed by atoms with E-state index < -0.39 is 0 Å². The molecule has 2 heteroatoms. The summed E-state index contributed by atoms with van der Waals surface area (Å²) in [7, 11) is 0. The molecule has 0 radical (unpaired) electrons. The van der Waals surface area contributed by atoms with Gasteiger partial charge in [-0.1, -0.05) is 188 Å². The Morgan fingerprint density at radius 3 is 2.02 bits per heavy atom. The number of rotatable bonds is 8. The Bertz CT molecular complexity index is 2850. The van der Waals surface area contributed by atoms with Crippen molar-refractivity contribution < 1.29 is 0 Å². The standard InChI is InChI=1S/C55H42N2/c1-3-16-38(17-4-1)39-32-30-37(31-33-39)36-42(54-56-51-29-14-10-24-46(51)53(57-54)41-18-5-2-6-19-41)35-34-40-20-15-28-50-52(40)45-23-9-13-27-49(45)55(50)47-25-11-7-21-43(47)44-22-8-12-26-48(44)55/h1-25,27-33,42,48H,26,34-36H2. The maximum absolute atomic E-state index is 5.46. The van der Waals surface area contributed by atoms with Gasteiger partial charge in [0.2, 0.25) is 0 Å². The average Bonchev–Trinajstić information content (AvgIpc) is 3.76. The molecule has 2 nitrogen and oxygen atoms in total. The summed E-state index contributed by atoms with van der Waals surface area (Å²) >= 11 is 0. The lowest BCUT2D eigenvalue weighted by Gasteiger charge is -2.36. The second kappa shape index (κ2) is 13.8. The Balaban J connectivity index is 1.02. The van der Waals surface area contributed by atoms with E-state index in [4.69, 9.17) is 9.97 Å². The van der Waals surface area contributed by atoms with E-state index in [-0.39, 0.29) is 11.3 Å². The van der Waals surface area contributed by atoms with Crippen molar-refractivity contribution in [1.29, 1.82) is 0 Å². The Morgan fingerprint density at radius 2 is 1.21 bits per heavy atom. The third kappa shape index (κ3) is 5.46. The van der Waals surface area contributed by atoms with Gasteiger partial charge in [0, 0.05) is 22.8 Å². The van der Waals surface area contributed by atoms with E-state index >= 15 is 0 Å². The summed E-state index contributed by atoms with van der Waals surface area (Å²) < 4.78 is 0. The number of hydrogen-bond donors (Lipinski definition) is 0. The summed E-state index contributed by atoms with van der Waals surface area (Å²) in [6.07, 6.45) is 10.7. The second-order valence-corrected chi connectivity index (χ2v) is 15.9. The number of fused-ring (bicyclic) bond motifs is 11. The molecule has 11 rings (SSSR count). The third-order valence-corrected chi connectivity index (χ3v) is 12.9. The lowest BCUT2D eigenvalue weighted by atomic mass is 9.65. The molecule has 1 spiro atoms. The molecular weight excluding hydrogens is 689 g/mol. The Labute approximate surface area is 335 Å². The minimum absolute atomic E-state index is 0.103. The Kier molecular flexibility index (Phi) is 8.17. The fraction of sp³-hybridized carbons (Fsp3) is 0.127. The quantitative estimate of drug-likeness (QED) is 0.156. The minimum atomic E-state index is -0.207. The molecule has 3 aliphatic carbocycles. The van der Waals surface area contributed by atoms with Gasteiger partial charge in [-0.2, -0.15) is 0 Å². The van der Waals surface area contributed by atoms with Gasteiger partial charge >= 0.3 is 0 Å². The maximum Gasteiger partial charge on any atom is 0.133 e. The minimum Gasteiger partial charge on any atom is -0.233 e. The van der Waals surface area contributed by atoms with E-state index in [9.17, 15) is 0 Å². The van der Waals surface area contributed by atoms with Crippen LogP contribution in [0.3, 0.4) is 0 Å². The first-order valence-electron chi connectivity index (χ1n) is 20.4. The van der Waals surface area contributed by atoms with Crippen LogP contribution in [0.2, 0.25) is 0 Å². The largest absolute Gasteiger partial charge is 0.233 e. The van der Waals surface area contributed by atoms with E-state index in [1.54, 1.807) is 0 Å². The van der Waals surface area contributed by atoms with Gasteiger partial charge < -0.3 is 0 Å².